The molecule has 29 heteroatoms. The molecule has 6 amide bonds. The number of fused-ring (bicyclic) bond motifs is 7. The van der Waals surface area contributed by atoms with Crippen molar-refractivity contribution in [3.63, 3.8) is 0 Å². The maximum absolute atomic E-state index is 14.5. The zero-order valence-electron chi connectivity index (χ0n) is 56.5. The number of carbonyl (C=O) groups excluding carboxylic acids is 6. The number of hydrogen-bond acceptors (Lipinski definition) is 20. The minimum absolute atomic E-state index is 0.0139. The number of phosphoric ester groups is 1. The standard InChI is InChI=1S/C66H99N14O14P/c1-33-24-43-44(25-34(33)2)80(32-75-43)61-56(89)57(45(31-81)92-61)94-95(90,91)93-35(3)30-74-53(88)20-21-63(8)41(26-49(70)84)60-66(11)65(10,29-51(72)86)40(16-19-52(87)73-23-13-12-22-67)55(79-66)37(5)59-64(9,28-50(71)85)38(14-17-47(68)82)42(76-59)27-46-62(6,7)39(15-18-48(69)83)54(77-46)36(4)58(63)78-60/h24-25,27,32,35,38-41,45,56-57,60-61,76,81,89H,12-23,26,28-31,67H2,1-11H3,(H2,68,82)(H2,69,83)(H2,70,84)(H2,71,85)(H2,72,86)(H,73,87)(H,74,88)(H,90,91)/p-1/b42-27-,54-36-,59-37-/t35-,38-,39-,40-,41+,45+,56-,57-,60-,61+,63-,64+,65+,66-/m1/s1. The third kappa shape index (κ3) is 14.8. The van der Waals surface area contributed by atoms with Gasteiger partial charge in [-0.25, -0.2) is 9.55 Å². The Balaban J connectivity index is 1.21. The van der Waals surface area contributed by atoms with Crippen LogP contribution in [0.3, 0.4) is 0 Å². The number of aryl methyl sites for hydroxylation is 2. The molecule has 7 heterocycles. The molecule has 8 rings (SSSR count). The Kier molecular flexibility index (Phi) is 22.2. The van der Waals surface area contributed by atoms with Crippen LogP contribution in [0.15, 0.2) is 67.8 Å². The number of carbonyl (C=O) groups is 6. The van der Waals surface area contributed by atoms with E-state index in [1.807, 2.05) is 87.4 Å². The van der Waals surface area contributed by atoms with Crippen LogP contribution in [0.2, 0.25) is 0 Å². The molecular weight excluding hydrogens is 1240 g/mol. The third-order valence-electron chi connectivity index (χ3n) is 21.5. The lowest BCUT2D eigenvalue weighted by Crippen LogP contribution is -2.56. The van der Waals surface area contributed by atoms with E-state index in [9.17, 15) is 53.5 Å². The van der Waals surface area contributed by atoms with Crippen molar-refractivity contribution in [3.8, 4) is 0 Å². The molecule has 0 aliphatic carbocycles. The fraction of sp³-hybridized carbons (Fsp3) is 0.652. The van der Waals surface area contributed by atoms with E-state index in [2.05, 4.69) is 20.9 Å². The third-order valence-corrected chi connectivity index (χ3v) is 22.6. The summed E-state index contributed by atoms with van der Waals surface area (Å²) in [5, 5.41) is 52.0. The van der Waals surface area contributed by atoms with Crippen LogP contribution in [0.25, 0.3) is 11.0 Å². The molecule has 0 radical (unpaired) electrons. The molecule has 6 aliphatic heterocycles. The largest absolute Gasteiger partial charge is 0.862 e. The highest BCUT2D eigenvalue weighted by Crippen LogP contribution is 2.63. The molecule has 8 bridgehead atoms. The summed E-state index contributed by atoms with van der Waals surface area (Å²) in [5.41, 5.74) is 31.5. The smallest absolute Gasteiger partial charge is 0.472 e. The first-order chi connectivity index (χ1) is 44.4. The predicted octanol–water partition coefficient (Wildman–Crippen LogP) is 3.39. The maximum Gasteiger partial charge on any atom is 0.472 e. The Morgan fingerprint density at radius 1 is 0.853 bits per heavy atom. The fourth-order valence-corrected chi connectivity index (χ4v) is 17.2. The van der Waals surface area contributed by atoms with Gasteiger partial charge >= 0.3 is 7.82 Å². The Labute approximate surface area is 554 Å². The van der Waals surface area contributed by atoms with E-state index in [1.54, 1.807) is 4.57 Å². The molecule has 15 atom stereocenters. The van der Waals surface area contributed by atoms with Gasteiger partial charge in [0, 0.05) is 131 Å². The van der Waals surface area contributed by atoms with Crippen molar-refractivity contribution in [1.29, 1.82) is 5.41 Å². The van der Waals surface area contributed by atoms with Gasteiger partial charge in [-0.1, -0.05) is 34.6 Å². The topological polar surface area (TPSA) is 476 Å². The van der Waals surface area contributed by atoms with E-state index < -0.39 is 137 Å². The van der Waals surface area contributed by atoms with Crippen LogP contribution in [0.1, 0.15) is 163 Å². The van der Waals surface area contributed by atoms with Crippen LogP contribution >= 0.6 is 7.82 Å². The normalized spacial score (nSPS) is 33.0. The summed E-state index contributed by atoms with van der Waals surface area (Å²) in [4.78, 5) is 115. The van der Waals surface area contributed by atoms with Crippen molar-refractivity contribution in [2.75, 3.05) is 26.2 Å². The van der Waals surface area contributed by atoms with Gasteiger partial charge in [-0.15, -0.1) is 0 Å². The van der Waals surface area contributed by atoms with Gasteiger partial charge in [0.25, 0.3) is 0 Å². The van der Waals surface area contributed by atoms with Crippen LogP contribution in [-0.2, 0) is 47.1 Å². The van der Waals surface area contributed by atoms with Gasteiger partial charge in [0.2, 0.25) is 35.4 Å². The van der Waals surface area contributed by atoms with Crippen LogP contribution in [0.5, 0.6) is 0 Å². The number of nitrogens with zero attached hydrogens (tertiary/aromatic N) is 5. The van der Waals surface area contributed by atoms with Crippen molar-refractivity contribution in [3.05, 3.63) is 63.9 Å². The van der Waals surface area contributed by atoms with E-state index >= 15 is 0 Å². The second kappa shape index (κ2) is 28.6. The summed E-state index contributed by atoms with van der Waals surface area (Å²) in [6, 6.07) is 2.69. The lowest BCUT2D eigenvalue weighted by atomic mass is 9.55. The van der Waals surface area contributed by atoms with Gasteiger partial charge in [-0.2, -0.15) is 0 Å². The molecule has 6 aliphatic rings. The first-order valence-corrected chi connectivity index (χ1v) is 34.2. The number of rotatable bonds is 30. The number of imidazole rings is 1. The number of nitrogens with one attached hydrogen (secondary N) is 4. The zero-order valence-corrected chi connectivity index (χ0v) is 57.4. The molecule has 17 N–H and O–H groups in total. The molecule has 0 spiro atoms. The molecule has 2 aromatic rings. The number of aliphatic imine (C=N–C) groups is 3. The average molecular weight is 1340 g/mol. The monoisotopic (exact) mass is 1340 g/mol. The minimum atomic E-state index is -5.08. The Morgan fingerprint density at radius 3 is 2.14 bits per heavy atom. The summed E-state index contributed by atoms with van der Waals surface area (Å²) in [6.45, 7) is 20.2. The molecule has 1 aromatic carbocycles. The summed E-state index contributed by atoms with van der Waals surface area (Å²) < 4.78 is 32.4. The second-order valence-electron chi connectivity index (χ2n) is 28.4. The SMILES string of the molecule is C/C1=C2N=C(/C=C3\N/C(=C(/C)C4=N[C@](C)([C@@H]5N=C1[C@](C)(CCC(=O)NC[C@@H](C)OP(=O)(O)O[C@H]1[C@@H](O)[C@@H](n6cnc7cc(C)c(C)cc76)O[C@H]1CO)[C@H]5CC(N)=O)[C@@](C)(CC(N)=O)[C@@H]4CCC(=O)NCCCCN)[C@@](C)(CC(N)=O)[C@@H]3CCC(=N)[O-])C(C)(C)[C@@H]/2CCC(N)=O. The predicted molar refractivity (Wildman–Crippen MR) is 354 cm³/mol. The van der Waals surface area contributed by atoms with Crippen LogP contribution < -0.4 is 49.7 Å². The Morgan fingerprint density at radius 2 is 1.51 bits per heavy atom. The summed E-state index contributed by atoms with van der Waals surface area (Å²) in [7, 11) is -5.08. The molecular formula is C66H98N14O14P-. The Bertz CT molecular complexity index is 3630. The molecule has 2 fully saturated rings. The molecule has 1 aromatic heterocycles. The van der Waals surface area contributed by atoms with E-state index in [-0.39, 0.29) is 83.1 Å². The highest BCUT2D eigenvalue weighted by atomic mass is 31.2. The van der Waals surface area contributed by atoms with Gasteiger partial charge in [0.15, 0.2) is 6.23 Å². The van der Waals surface area contributed by atoms with E-state index in [0.29, 0.717) is 82.3 Å². The first kappa shape index (κ1) is 73.8. The highest BCUT2D eigenvalue weighted by Gasteiger charge is 2.66. The summed E-state index contributed by atoms with van der Waals surface area (Å²) in [5.74, 6) is -7.11. The van der Waals surface area contributed by atoms with E-state index in [4.69, 9.17) is 62.8 Å². The number of amides is 6. The molecule has 28 nitrogen and oxygen atoms in total. The van der Waals surface area contributed by atoms with Crippen molar-refractivity contribution < 1.29 is 67.3 Å². The quantitative estimate of drug-likeness (QED) is 0.0231. The lowest BCUT2D eigenvalue weighted by molar-refractivity contribution is -0.220. The first-order valence-electron chi connectivity index (χ1n) is 32.7. The van der Waals surface area contributed by atoms with Gasteiger partial charge in [0.1, 0.15) is 18.3 Å². The number of ether oxygens (including phenoxy) is 1. The van der Waals surface area contributed by atoms with Crippen LogP contribution in [0.4, 0.5) is 0 Å². The number of aromatic nitrogens is 2. The minimum Gasteiger partial charge on any atom is -0.862 e. The molecule has 522 valence electrons. The number of nitrogens with two attached hydrogens (primary N) is 5. The number of hydrogen-bond donors (Lipinski definition) is 12. The van der Waals surface area contributed by atoms with Gasteiger partial charge < -0.3 is 79.5 Å². The van der Waals surface area contributed by atoms with Gasteiger partial charge in [-0.05, 0) is 139 Å². The van der Waals surface area contributed by atoms with Crippen molar-refractivity contribution in [1.82, 2.24) is 25.5 Å². The number of aliphatic hydroxyl groups is 2. The number of phosphoric acid groups is 1. The highest BCUT2D eigenvalue weighted by molar-refractivity contribution is 7.47. The molecule has 95 heavy (non-hydrogen) atoms. The summed E-state index contributed by atoms with van der Waals surface area (Å²) >= 11 is 0. The van der Waals surface area contributed by atoms with E-state index in [0.717, 1.165) is 11.1 Å². The number of allylic oxidation sites excluding steroid dienone is 6. The zero-order chi connectivity index (χ0) is 70.2. The lowest BCUT2D eigenvalue weighted by Gasteiger charge is -2.48. The average Bonchev–Trinajstić information content (AvgIpc) is 1.53. The van der Waals surface area contributed by atoms with Crippen molar-refractivity contribution in [2.24, 2.45) is 89.0 Å². The molecule has 1 unspecified atom stereocenters. The van der Waals surface area contributed by atoms with Crippen LogP contribution in [-0.4, -0.2) is 145 Å². The van der Waals surface area contributed by atoms with E-state index in [1.165, 1.54) is 13.3 Å². The number of aliphatic hydroxyl groups excluding tert-OH is 2. The number of primary amides is 4. The van der Waals surface area contributed by atoms with Crippen molar-refractivity contribution >= 4 is 77.3 Å². The molecule has 2 saturated heterocycles. The number of unbranched alkanes of at least 4 members (excludes halogenated alkanes) is 1. The molecule has 0 saturated carbocycles. The van der Waals surface area contributed by atoms with Crippen molar-refractivity contribution in [2.45, 2.75) is 202 Å². The van der Waals surface area contributed by atoms with Gasteiger partial charge in [-0.3, -0.25) is 52.8 Å². The van der Waals surface area contributed by atoms with Gasteiger partial charge in [0.05, 0.1) is 41.7 Å². The second-order valence-corrected chi connectivity index (χ2v) is 29.8. The summed E-state index contributed by atoms with van der Waals surface area (Å²) in [6.07, 6.45) is -2.98. The Hall–Kier alpha value is -7.04. The number of benzene rings is 1. The fourth-order valence-electron chi connectivity index (χ4n) is 16.0. The maximum atomic E-state index is 14.5. The van der Waals surface area contributed by atoms with Crippen LogP contribution in [0, 0.1) is 64.6 Å².